The molecular formula is C11H21NO3S. The van der Waals surface area contributed by atoms with E-state index in [0.717, 1.165) is 18.7 Å². The molecular weight excluding hydrogens is 226 g/mol. The minimum Gasteiger partial charge on any atom is -0.393 e. The molecule has 5 heteroatoms. The average molecular weight is 247 g/mol. The van der Waals surface area contributed by atoms with Crippen molar-refractivity contribution in [3.63, 3.8) is 0 Å². The highest BCUT2D eigenvalue weighted by molar-refractivity contribution is 7.99. The van der Waals surface area contributed by atoms with Crippen molar-refractivity contribution >= 4 is 17.7 Å². The van der Waals surface area contributed by atoms with Gasteiger partial charge in [-0.3, -0.25) is 4.79 Å². The summed E-state index contributed by atoms with van der Waals surface area (Å²) in [5, 5.41) is 9.44. The van der Waals surface area contributed by atoms with Gasteiger partial charge in [0.05, 0.1) is 18.5 Å². The quantitative estimate of drug-likeness (QED) is 0.698. The van der Waals surface area contributed by atoms with Crippen LogP contribution in [-0.2, 0) is 9.53 Å². The van der Waals surface area contributed by atoms with Crippen molar-refractivity contribution in [1.82, 2.24) is 4.90 Å². The van der Waals surface area contributed by atoms with Gasteiger partial charge < -0.3 is 14.7 Å². The van der Waals surface area contributed by atoms with Crippen LogP contribution in [0.4, 0.5) is 0 Å². The van der Waals surface area contributed by atoms with Crippen LogP contribution in [-0.4, -0.2) is 60.3 Å². The highest BCUT2D eigenvalue weighted by atomic mass is 32.2. The SMILES string of the molecule is COCCSCC(=O)N1CCC(C(C)O)C1. The molecule has 94 valence electrons. The smallest absolute Gasteiger partial charge is 0.232 e. The van der Waals surface area contributed by atoms with Gasteiger partial charge in [-0.05, 0) is 13.3 Å². The molecule has 1 rings (SSSR count). The molecule has 0 spiro atoms. The van der Waals surface area contributed by atoms with Crippen molar-refractivity contribution in [3.8, 4) is 0 Å². The fourth-order valence-corrected chi connectivity index (χ4v) is 2.59. The maximum absolute atomic E-state index is 11.8. The maximum atomic E-state index is 11.8. The van der Waals surface area contributed by atoms with Gasteiger partial charge >= 0.3 is 0 Å². The molecule has 1 N–H and O–H groups in total. The van der Waals surface area contributed by atoms with Crippen molar-refractivity contribution in [2.45, 2.75) is 19.4 Å². The topological polar surface area (TPSA) is 49.8 Å². The summed E-state index contributed by atoms with van der Waals surface area (Å²) < 4.78 is 4.92. The van der Waals surface area contributed by atoms with Crippen LogP contribution >= 0.6 is 11.8 Å². The van der Waals surface area contributed by atoms with Crippen molar-refractivity contribution in [2.75, 3.05) is 38.3 Å². The number of methoxy groups -OCH3 is 1. The highest BCUT2D eigenvalue weighted by Crippen LogP contribution is 2.20. The third kappa shape index (κ3) is 4.31. The van der Waals surface area contributed by atoms with Crippen LogP contribution in [0.3, 0.4) is 0 Å². The molecule has 16 heavy (non-hydrogen) atoms. The highest BCUT2D eigenvalue weighted by Gasteiger charge is 2.28. The lowest BCUT2D eigenvalue weighted by molar-refractivity contribution is -0.127. The molecule has 0 aliphatic carbocycles. The number of nitrogens with zero attached hydrogens (tertiary/aromatic N) is 1. The van der Waals surface area contributed by atoms with E-state index in [1.165, 1.54) is 0 Å². The maximum Gasteiger partial charge on any atom is 0.232 e. The Bertz CT molecular complexity index is 223. The Morgan fingerprint density at radius 1 is 1.69 bits per heavy atom. The summed E-state index contributed by atoms with van der Waals surface area (Å²) in [6, 6.07) is 0. The Morgan fingerprint density at radius 3 is 3.00 bits per heavy atom. The first-order chi connectivity index (χ1) is 7.65. The van der Waals surface area contributed by atoms with Crippen LogP contribution in [0.2, 0.25) is 0 Å². The Morgan fingerprint density at radius 2 is 2.44 bits per heavy atom. The zero-order chi connectivity index (χ0) is 12.0. The fourth-order valence-electron chi connectivity index (χ4n) is 1.80. The molecule has 0 aromatic carbocycles. The molecule has 1 aliphatic rings. The van der Waals surface area contributed by atoms with Crippen molar-refractivity contribution < 1.29 is 14.6 Å². The summed E-state index contributed by atoms with van der Waals surface area (Å²) in [6.45, 7) is 3.99. The van der Waals surface area contributed by atoms with Gasteiger partial charge in [0.15, 0.2) is 0 Å². The molecule has 0 radical (unpaired) electrons. The molecule has 2 atom stereocenters. The van der Waals surface area contributed by atoms with E-state index in [0.29, 0.717) is 18.9 Å². The van der Waals surface area contributed by atoms with E-state index in [4.69, 9.17) is 4.74 Å². The second kappa shape index (κ2) is 7.14. The fraction of sp³-hybridized carbons (Fsp3) is 0.909. The van der Waals surface area contributed by atoms with Crippen LogP contribution in [0, 0.1) is 5.92 Å². The monoisotopic (exact) mass is 247 g/mol. The lowest BCUT2D eigenvalue weighted by Crippen LogP contribution is -2.31. The van der Waals surface area contributed by atoms with E-state index >= 15 is 0 Å². The van der Waals surface area contributed by atoms with Gasteiger partial charge in [0.25, 0.3) is 0 Å². The molecule has 0 aromatic heterocycles. The number of hydrogen-bond donors (Lipinski definition) is 1. The Labute approximate surface area is 101 Å². The molecule has 1 fully saturated rings. The average Bonchev–Trinajstić information content (AvgIpc) is 2.73. The van der Waals surface area contributed by atoms with E-state index in [1.54, 1.807) is 25.8 Å². The normalized spacial score (nSPS) is 22.4. The third-order valence-electron chi connectivity index (χ3n) is 2.92. The second-order valence-corrected chi connectivity index (χ2v) is 5.28. The summed E-state index contributed by atoms with van der Waals surface area (Å²) in [5.41, 5.74) is 0. The lowest BCUT2D eigenvalue weighted by atomic mass is 10.0. The van der Waals surface area contributed by atoms with Gasteiger partial charge in [0.2, 0.25) is 5.91 Å². The number of carbonyl (C=O) groups is 1. The largest absolute Gasteiger partial charge is 0.393 e. The van der Waals surface area contributed by atoms with Crippen LogP contribution in [0.25, 0.3) is 0 Å². The summed E-state index contributed by atoms with van der Waals surface area (Å²) in [5.74, 6) is 1.82. The molecule has 0 bridgehead atoms. The van der Waals surface area contributed by atoms with Gasteiger partial charge in [-0.1, -0.05) is 0 Å². The molecule has 1 amide bonds. The summed E-state index contributed by atoms with van der Waals surface area (Å²) in [4.78, 5) is 13.6. The number of ether oxygens (including phenoxy) is 1. The molecule has 0 saturated carbocycles. The number of thioether (sulfide) groups is 1. The van der Waals surface area contributed by atoms with Crippen LogP contribution in [0.5, 0.6) is 0 Å². The summed E-state index contributed by atoms with van der Waals surface area (Å²) in [7, 11) is 1.66. The number of rotatable bonds is 6. The molecule has 1 saturated heterocycles. The van der Waals surface area contributed by atoms with Gasteiger partial charge in [-0.2, -0.15) is 0 Å². The van der Waals surface area contributed by atoms with E-state index in [2.05, 4.69) is 0 Å². The Balaban J connectivity index is 2.18. The lowest BCUT2D eigenvalue weighted by Gasteiger charge is -2.17. The number of aliphatic hydroxyl groups excluding tert-OH is 1. The number of amides is 1. The van der Waals surface area contributed by atoms with E-state index < -0.39 is 0 Å². The van der Waals surface area contributed by atoms with Gasteiger partial charge in [-0.25, -0.2) is 0 Å². The zero-order valence-electron chi connectivity index (χ0n) is 10.0. The molecule has 4 nitrogen and oxygen atoms in total. The zero-order valence-corrected chi connectivity index (χ0v) is 10.8. The first-order valence-electron chi connectivity index (χ1n) is 5.67. The van der Waals surface area contributed by atoms with Crippen LogP contribution < -0.4 is 0 Å². The molecule has 1 heterocycles. The Hall–Kier alpha value is -0.260. The van der Waals surface area contributed by atoms with Crippen LogP contribution in [0.15, 0.2) is 0 Å². The predicted molar refractivity (Wildman–Crippen MR) is 65.6 cm³/mol. The van der Waals surface area contributed by atoms with Crippen molar-refractivity contribution in [3.05, 3.63) is 0 Å². The number of likely N-dealkylation sites (tertiary alicyclic amines) is 1. The van der Waals surface area contributed by atoms with Crippen LogP contribution in [0.1, 0.15) is 13.3 Å². The number of hydrogen-bond acceptors (Lipinski definition) is 4. The number of aliphatic hydroxyl groups is 1. The molecule has 2 unspecified atom stereocenters. The first-order valence-corrected chi connectivity index (χ1v) is 6.83. The molecule has 1 aliphatic heterocycles. The predicted octanol–water partition coefficient (Wildman–Crippen LogP) is 0.595. The summed E-state index contributed by atoms with van der Waals surface area (Å²) in [6.07, 6.45) is 0.616. The van der Waals surface area contributed by atoms with E-state index in [1.807, 2.05) is 4.90 Å². The minimum atomic E-state index is -0.307. The molecule has 0 aromatic rings. The number of carbonyl (C=O) groups excluding carboxylic acids is 1. The first kappa shape index (κ1) is 13.8. The minimum absolute atomic E-state index is 0.184. The van der Waals surface area contributed by atoms with Gasteiger partial charge in [0, 0.05) is 31.9 Å². The third-order valence-corrected chi connectivity index (χ3v) is 3.82. The van der Waals surface area contributed by atoms with Gasteiger partial charge in [-0.15, -0.1) is 11.8 Å². The summed E-state index contributed by atoms with van der Waals surface area (Å²) >= 11 is 1.60. The standard InChI is InChI=1S/C11H21NO3S/c1-9(13)10-3-4-12(7-10)11(14)8-16-6-5-15-2/h9-10,13H,3-8H2,1-2H3. The Kier molecular flexibility index (Phi) is 6.16. The van der Waals surface area contributed by atoms with E-state index in [9.17, 15) is 9.90 Å². The van der Waals surface area contributed by atoms with Crippen molar-refractivity contribution in [1.29, 1.82) is 0 Å². The van der Waals surface area contributed by atoms with E-state index in [-0.39, 0.29) is 17.9 Å². The van der Waals surface area contributed by atoms with Crippen molar-refractivity contribution in [2.24, 2.45) is 5.92 Å². The second-order valence-electron chi connectivity index (χ2n) is 4.17. The van der Waals surface area contributed by atoms with Gasteiger partial charge in [0.1, 0.15) is 0 Å².